The summed E-state index contributed by atoms with van der Waals surface area (Å²) >= 11 is 1.77. The van der Waals surface area contributed by atoms with Crippen LogP contribution in [0, 0.1) is 5.92 Å². The summed E-state index contributed by atoms with van der Waals surface area (Å²) in [5, 5.41) is 6.34. The van der Waals surface area contributed by atoms with E-state index in [1.165, 1.54) is 37.7 Å². The van der Waals surface area contributed by atoms with Gasteiger partial charge in [0.1, 0.15) is 17.7 Å². The highest BCUT2D eigenvalue weighted by atomic mass is 32.2. The zero-order valence-corrected chi connectivity index (χ0v) is 26.8. The van der Waals surface area contributed by atoms with Gasteiger partial charge in [-0.25, -0.2) is 4.79 Å². The number of nitrogens with one attached hydrogen (secondary N) is 2. The van der Waals surface area contributed by atoms with Crippen LogP contribution >= 0.6 is 11.8 Å². The summed E-state index contributed by atoms with van der Waals surface area (Å²) in [4.78, 5) is 44.2. The standard InChI is InChI=1S/C33H52N4O4S/c1-33(2,3)41-32(40)37-19-11-10-16-29(37)31(39)35-28(24-42-23-26-14-8-5-9-15-26)30(38)34-27-17-20-36(21-18-27)22-25-12-6-4-7-13-25/h4,6-7,12-13,26-29H,5,8-11,14-24H2,1-3H3,(H,34,38)(H,35,39)/t28-,29?/m0/s1. The molecule has 1 aromatic carbocycles. The summed E-state index contributed by atoms with van der Waals surface area (Å²) in [6, 6.07) is 9.35. The van der Waals surface area contributed by atoms with Gasteiger partial charge in [-0.2, -0.15) is 11.8 Å². The van der Waals surface area contributed by atoms with E-state index in [4.69, 9.17) is 4.74 Å². The first-order chi connectivity index (χ1) is 20.2. The van der Waals surface area contributed by atoms with E-state index in [2.05, 4.69) is 39.8 Å². The van der Waals surface area contributed by atoms with Gasteiger partial charge in [-0.3, -0.25) is 19.4 Å². The first-order valence-electron chi connectivity index (χ1n) is 16.1. The molecule has 2 heterocycles. The SMILES string of the molecule is CC(C)(C)OC(=O)N1CCCCC1C(=O)N[C@@H](CSCC1CCCCC1)C(=O)NC1CCN(Cc2ccccc2)CC1. The van der Waals surface area contributed by atoms with E-state index in [0.29, 0.717) is 24.6 Å². The third-order valence-electron chi connectivity index (χ3n) is 8.61. The molecule has 1 aliphatic carbocycles. The largest absolute Gasteiger partial charge is 0.444 e. The number of nitrogens with zero attached hydrogens (tertiary/aromatic N) is 2. The molecule has 0 spiro atoms. The molecular weight excluding hydrogens is 548 g/mol. The summed E-state index contributed by atoms with van der Waals surface area (Å²) in [6.45, 7) is 8.77. The van der Waals surface area contributed by atoms with Crippen molar-refractivity contribution in [2.24, 2.45) is 5.92 Å². The molecule has 2 atom stereocenters. The summed E-state index contributed by atoms with van der Waals surface area (Å²) in [5.74, 6) is 1.89. The van der Waals surface area contributed by atoms with Crippen LogP contribution in [0.3, 0.4) is 0 Å². The normalized spacial score (nSPS) is 21.9. The van der Waals surface area contributed by atoms with Crippen molar-refractivity contribution < 1.29 is 19.1 Å². The Balaban J connectivity index is 1.34. The van der Waals surface area contributed by atoms with Crippen molar-refractivity contribution in [2.75, 3.05) is 31.1 Å². The molecule has 0 aromatic heterocycles. The lowest BCUT2D eigenvalue weighted by Crippen LogP contribution is -2.58. The molecule has 9 heteroatoms. The van der Waals surface area contributed by atoms with Gasteiger partial charge in [-0.15, -0.1) is 0 Å². The summed E-state index contributed by atoms with van der Waals surface area (Å²) in [6.07, 6.45) is 10.0. The van der Waals surface area contributed by atoms with Crippen molar-refractivity contribution in [1.29, 1.82) is 0 Å². The van der Waals surface area contributed by atoms with E-state index in [-0.39, 0.29) is 17.9 Å². The molecule has 2 aliphatic heterocycles. The number of hydrogen-bond donors (Lipinski definition) is 2. The molecule has 3 amide bonds. The quantitative estimate of drug-likeness (QED) is 0.376. The van der Waals surface area contributed by atoms with E-state index in [1.54, 1.807) is 16.7 Å². The zero-order valence-electron chi connectivity index (χ0n) is 25.9. The van der Waals surface area contributed by atoms with Crippen molar-refractivity contribution in [1.82, 2.24) is 20.4 Å². The lowest BCUT2D eigenvalue weighted by Gasteiger charge is -2.36. The molecule has 1 aromatic rings. The Hall–Kier alpha value is -2.26. The number of hydrogen-bond acceptors (Lipinski definition) is 6. The highest BCUT2D eigenvalue weighted by Crippen LogP contribution is 2.27. The lowest BCUT2D eigenvalue weighted by molar-refractivity contribution is -0.132. The first kappa shape index (κ1) is 32.6. The van der Waals surface area contributed by atoms with Crippen molar-refractivity contribution >= 4 is 29.7 Å². The zero-order chi connectivity index (χ0) is 30.0. The average molecular weight is 601 g/mol. The highest BCUT2D eigenvalue weighted by molar-refractivity contribution is 7.99. The number of rotatable bonds is 10. The Morgan fingerprint density at radius 2 is 1.62 bits per heavy atom. The predicted molar refractivity (Wildman–Crippen MR) is 169 cm³/mol. The van der Waals surface area contributed by atoms with Crippen LogP contribution in [-0.2, 0) is 20.9 Å². The van der Waals surface area contributed by atoms with Crippen LogP contribution < -0.4 is 10.6 Å². The van der Waals surface area contributed by atoms with E-state index in [9.17, 15) is 14.4 Å². The third-order valence-corrected chi connectivity index (χ3v) is 9.89. The molecule has 2 saturated heterocycles. The van der Waals surface area contributed by atoms with Gasteiger partial charge in [0, 0.05) is 38.0 Å². The maximum atomic E-state index is 13.6. The first-order valence-corrected chi connectivity index (χ1v) is 17.3. The fourth-order valence-corrected chi connectivity index (χ4v) is 7.55. The number of amides is 3. The number of piperidine rings is 2. The average Bonchev–Trinajstić information content (AvgIpc) is 2.98. The van der Waals surface area contributed by atoms with Crippen molar-refractivity contribution in [3.8, 4) is 0 Å². The maximum absolute atomic E-state index is 13.6. The van der Waals surface area contributed by atoms with Crippen LogP contribution in [0.2, 0.25) is 0 Å². The minimum atomic E-state index is -0.635. The second-order valence-corrected chi connectivity index (χ2v) is 14.4. The molecule has 3 fully saturated rings. The molecular formula is C33H52N4O4S. The van der Waals surface area contributed by atoms with Crippen molar-refractivity contribution in [3.05, 3.63) is 35.9 Å². The Labute approximate surface area is 257 Å². The second-order valence-electron chi connectivity index (χ2n) is 13.3. The van der Waals surface area contributed by atoms with Gasteiger partial charge in [-0.05, 0) is 83.0 Å². The Kier molecular flexibility index (Phi) is 12.4. The molecule has 1 saturated carbocycles. The molecule has 8 nitrogen and oxygen atoms in total. The fraction of sp³-hybridized carbons (Fsp3) is 0.727. The molecule has 2 N–H and O–H groups in total. The van der Waals surface area contributed by atoms with Crippen molar-refractivity contribution in [2.45, 2.75) is 115 Å². The van der Waals surface area contributed by atoms with Gasteiger partial charge in [0.15, 0.2) is 0 Å². The number of likely N-dealkylation sites (tertiary alicyclic amines) is 2. The molecule has 42 heavy (non-hydrogen) atoms. The summed E-state index contributed by atoms with van der Waals surface area (Å²) < 4.78 is 5.61. The van der Waals surface area contributed by atoms with E-state index in [0.717, 1.165) is 51.1 Å². The van der Waals surface area contributed by atoms with Gasteiger partial charge in [-0.1, -0.05) is 49.6 Å². The molecule has 4 rings (SSSR count). The smallest absolute Gasteiger partial charge is 0.410 e. The number of carbonyl (C=O) groups is 3. The molecule has 0 radical (unpaired) electrons. The van der Waals surface area contributed by atoms with Crippen LogP contribution in [0.5, 0.6) is 0 Å². The van der Waals surface area contributed by atoms with Crippen LogP contribution in [-0.4, -0.2) is 82.6 Å². The number of benzene rings is 1. The molecule has 234 valence electrons. The van der Waals surface area contributed by atoms with Crippen molar-refractivity contribution in [3.63, 3.8) is 0 Å². The van der Waals surface area contributed by atoms with Crippen LogP contribution in [0.1, 0.15) is 90.5 Å². The van der Waals surface area contributed by atoms with Gasteiger partial charge < -0.3 is 15.4 Å². The monoisotopic (exact) mass is 600 g/mol. The number of thioether (sulfide) groups is 1. The molecule has 1 unspecified atom stereocenters. The van der Waals surface area contributed by atoms with Crippen LogP contribution in [0.25, 0.3) is 0 Å². The highest BCUT2D eigenvalue weighted by Gasteiger charge is 2.37. The molecule has 3 aliphatic rings. The predicted octanol–water partition coefficient (Wildman–Crippen LogP) is 5.36. The van der Waals surface area contributed by atoms with E-state index in [1.807, 2.05) is 26.8 Å². The Bertz CT molecular complexity index is 1000. The van der Waals surface area contributed by atoms with E-state index < -0.39 is 23.8 Å². The lowest BCUT2D eigenvalue weighted by atomic mass is 9.91. The van der Waals surface area contributed by atoms with E-state index >= 15 is 0 Å². The second kappa shape index (κ2) is 16.0. The topological polar surface area (TPSA) is 91.0 Å². The fourth-order valence-electron chi connectivity index (χ4n) is 6.28. The van der Waals surface area contributed by atoms with Crippen LogP contribution in [0.15, 0.2) is 30.3 Å². The summed E-state index contributed by atoms with van der Waals surface area (Å²) in [5.41, 5.74) is 0.672. The third kappa shape index (κ3) is 10.5. The number of carbonyl (C=O) groups excluding carboxylic acids is 3. The Morgan fingerprint density at radius 1 is 0.929 bits per heavy atom. The molecule has 0 bridgehead atoms. The van der Waals surface area contributed by atoms with Gasteiger partial charge in [0.2, 0.25) is 11.8 Å². The van der Waals surface area contributed by atoms with Gasteiger partial charge >= 0.3 is 6.09 Å². The minimum absolute atomic E-state index is 0.0974. The number of ether oxygens (including phenoxy) is 1. The minimum Gasteiger partial charge on any atom is -0.444 e. The van der Waals surface area contributed by atoms with Gasteiger partial charge in [0.25, 0.3) is 0 Å². The Morgan fingerprint density at radius 3 is 2.31 bits per heavy atom. The van der Waals surface area contributed by atoms with Gasteiger partial charge in [0.05, 0.1) is 0 Å². The summed E-state index contributed by atoms with van der Waals surface area (Å²) in [7, 11) is 0. The van der Waals surface area contributed by atoms with Crippen LogP contribution in [0.4, 0.5) is 4.79 Å². The maximum Gasteiger partial charge on any atom is 0.410 e.